The second kappa shape index (κ2) is 11.7. The van der Waals surface area contributed by atoms with E-state index in [2.05, 4.69) is 5.73 Å². The molecule has 0 radical (unpaired) electrons. The zero-order chi connectivity index (χ0) is 30.1. The number of sulfonamides is 1. The number of allylic oxidation sites excluding steroid dienone is 5. The standard InChI is InChI=1S/C31H30F3NO5S2/c32-31(33,34)26-6-2-5-21(11-15-26)3-1-4-22-7-9-23(10-8-22)20-41(37,38)27-16-12-24(13-17-27)25-14-18-29-28(19-25)30(36)35-42(29,39)40/h5-6,11-19,22-23H,1,3-4,7-10,20H2,(H,35,36). The maximum Gasteiger partial charge on any atom is 0.417 e. The van der Waals surface area contributed by atoms with Gasteiger partial charge in [-0.2, -0.15) is 13.2 Å². The Morgan fingerprint density at radius 2 is 1.57 bits per heavy atom. The highest BCUT2D eigenvalue weighted by atomic mass is 32.2. The number of rotatable bonds is 8. The van der Waals surface area contributed by atoms with Gasteiger partial charge in [0.1, 0.15) is 4.90 Å². The van der Waals surface area contributed by atoms with E-state index in [-0.39, 0.29) is 27.0 Å². The highest BCUT2D eigenvalue weighted by Crippen LogP contribution is 2.35. The van der Waals surface area contributed by atoms with Gasteiger partial charge in [-0.15, -0.1) is 5.73 Å². The van der Waals surface area contributed by atoms with Crippen LogP contribution in [0.4, 0.5) is 13.2 Å². The second-order valence-corrected chi connectivity index (χ2v) is 14.7. The summed E-state index contributed by atoms with van der Waals surface area (Å²) in [6, 6.07) is 10.8. The first-order valence-electron chi connectivity index (χ1n) is 13.8. The first-order valence-corrected chi connectivity index (χ1v) is 16.9. The lowest BCUT2D eigenvalue weighted by Crippen LogP contribution is -2.22. The van der Waals surface area contributed by atoms with Crippen molar-refractivity contribution in [3.05, 3.63) is 89.2 Å². The first-order chi connectivity index (χ1) is 19.8. The van der Waals surface area contributed by atoms with Crippen molar-refractivity contribution >= 4 is 25.8 Å². The summed E-state index contributed by atoms with van der Waals surface area (Å²) in [5.41, 5.74) is 4.04. The zero-order valence-corrected chi connectivity index (χ0v) is 24.3. The molecule has 42 heavy (non-hydrogen) atoms. The molecule has 1 N–H and O–H groups in total. The topological polar surface area (TPSA) is 97.4 Å². The predicted octanol–water partition coefficient (Wildman–Crippen LogP) is 6.68. The minimum atomic E-state index is -4.39. The predicted molar refractivity (Wildman–Crippen MR) is 153 cm³/mol. The summed E-state index contributed by atoms with van der Waals surface area (Å²) >= 11 is 0. The summed E-state index contributed by atoms with van der Waals surface area (Å²) in [6.45, 7) is 0. The molecule has 3 aliphatic rings. The molecule has 2 aliphatic carbocycles. The van der Waals surface area contributed by atoms with E-state index in [1.54, 1.807) is 36.4 Å². The molecule has 1 heterocycles. The van der Waals surface area contributed by atoms with Gasteiger partial charge in [-0.05, 0) is 96.7 Å². The Balaban J connectivity index is 1.12. The molecule has 0 atom stereocenters. The molecule has 2 aromatic carbocycles. The number of carbonyl (C=O) groups is 1. The number of sulfone groups is 1. The number of carbonyl (C=O) groups excluding carboxylic acids is 1. The van der Waals surface area contributed by atoms with E-state index in [4.69, 9.17) is 0 Å². The average Bonchev–Trinajstić information content (AvgIpc) is 3.07. The third-order valence-corrected chi connectivity index (χ3v) is 11.4. The molecule has 0 bridgehead atoms. The van der Waals surface area contributed by atoms with Crippen LogP contribution in [0.5, 0.6) is 0 Å². The van der Waals surface area contributed by atoms with E-state index in [9.17, 15) is 34.8 Å². The molecule has 1 saturated carbocycles. The van der Waals surface area contributed by atoms with Crippen molar-refractivity contribution in [3.8, 4) is 11.1 Å². The lowest BCUT2D eigenvalue weighted by atomic mass is 9.80. The zero-order valence-electron chi connectivity index (χ0n) is 22.7. The van der Waals surface area contributed by atoms with Gasteiger partial charge in [-0.3, -0.25) is 4.79 Å². The van der Waals surface area contributed by atoms with Crippen LogP contribution >= 0.6 is 0 Å². The molecule has 5 rings (SSSR count). The Morgan fingerprint density at radius 3 is 2.26 bits per heavy atom. The van der Waals surface area contributed by atoms with Gasteiger partial charge >= 0.3 is 6.18 Å². The SMILES string of the molecule is O=C1NS(=O)(=O)c2ccc(-c3ccc(S(=O)(=O)CC4CCC(CCCC5=CC=C(C(F)(F)F)C=C=C5)CC4)cc3)cc21. The van der Waals surface area contributed by atoms with Crippen LogP contribution in [0, 0.1) is 11.8 Å². The van der Waals surface area contributed by atoms with Crippen molar-refractivity contribution in [2.75, 3.05) is 5.75 Å². The summed E-state index contributed by atoms with van der Waals surface area (Å²) in [6.07, 6.45) is 6.70. The highest BCUT2D eigenvalue weighted by molar-refractivity contribution is 7.91. The van der Waals surface area contributed by atoms with Gasteiger partial charge in [0.2, 0.25) is 0 Å². The molecule has 1 amide bonds. The van der Waals surface area contributed by atoms with Crippen LogP contribution in [-0.4, -0.2) is 34.7 Å². The van der Waals surface area contributed by atoms with Crippen LogP contribution in [0.2, 0.25) is 0 Å². The maximum atomic E-state index is 13.1. The minimum absolute atomic E-state index is 0.0617. The van der Waals surface area contributed by atoms with Gasteiger partial charge in [-0.25, -0.2) is 21.6 Å². The molecule has 11 heteroatoms. The maximum absolute atomic E-state index is 13.1. The number of halogens is 3. The van der Waals surface area contributed by atoms with E-state index in [1.165, 1.54) is 18.2 Å². The van der Waals surface area contributed by atoms with Gasteiger partial charge in [0, 0.05) is 0 Å². The normalized spacial score (nSPS) is 21.7. The Kier molecular flexibility index (Phi) is 8.38. The summed E-state index contributed by atoms with van der Waals surface area (Å²) < 4.78 is 90.8. The molecule has 0 aromatic heterocycles. The van der Waals surface area contributed by atoms with E-state index in [1.807, 2.05) is 4.72 Å². The van der Waals surface area contributed by atoms with Crippen LogP contribution in [0.15, 0.2) is 93.4 Å². The fraction of sp³-hybridized carbons (Fsp3) is 0.355. The quantitative estimate of drug-likeness (QED) is 0.334. The lowest BCUT2D eigenvalue weighted by Gasteiger charge is -2.28. The smallest absolute Gasteiger partial charge is 0.268 e. The third-order valence-electron chi connectivity index (χ3n) is 8.10. The van der Waals surface area contributed by atoms with Gasteiger partial charge in [-0.1, -0.05) is 43.5 Å². The Morgan fingerprint density at radius 1 is 0.905 bits per heavy atom. The van der Waals surface area contributed by atoms with Crippen molar-refractivity contribution in [2.45, 2.75) is 60.9 Å². The van der Waals surface area contributed by atoms with Crippen LogP contribution in [0.25, 0.3) is 11.1 Å². The largest absolute Gasteiger partial charge is 0.417 e. The summed E-state index contributed by atoms with van der Waals surface area (Å²) in [7, 11) is -7.34. The number of hydrogen-bond acceptors (Lipinski definition) is 5. The number of hydrogen-bond donors (Lipinski definition) is 1. The van der Waals surface area contributed by atoms with E-state index in [0.29, 0.717) is 23.5 Å². The molecule has 2 aromatic rings. The molecular weight excluding hydrogens is 587 g/mol. The Bertz CT molecular complexity index is 1720. The number of nitrogens with one attached hydrogen (secondary N) is 1. The molecular formula is C31H30F3NO5S2. The van der Waals surface area contributed by atoms with Crippen molar-refractivity contribution in [1.82, 2.24) is 4.72 Å². The Labute approximate surface area is 243 Å². The molecule has 1 aliphatic heterocycles. The molecule has 6 nitrogen and oxygen atoms in total. The van der Waals surface area contributed by atoms with Gasteiger partial charge < -0.3 is 0 Å². The fourth-order valence-electron chi connectivity index (χ4n) is 5.76. The van der Waals surface area contributed by atoms with Crippen molar-refractivity contribution in [2.24, 2.45) is 11.8 Å². The summed E-state index contributed by atoms with van der Waals surface area (Å²) in [4.78, 5) is 12.2. The van der Waals surface area contributed by atoms with Crippen LogP contribution < -0.4 is 4.72 Å². The summed E-state index contributed by atoms with van der Waals surface area (Å²) in [5, 5.41) is 0. The monoisotopic (exact) mass is 617 g/mol. The number of alkyl halides is 3. The van der Waals surface area contributed by atoms with E-state index < -0.39 is 37.5 Å². The highest BCUT2D eigenvalue weighted by Gasteiger charge is 2.33. The average molecular weight is 618 g/mol. The Hall–Kier alpha value is -3.40. The van der Waals surface area contributed by atoms with Gasteiger partial charge in [0.15, 0.2) is 9.84 Å². The first kappa shape index (κ1) is 30.1. The minimum Gasteiger partial charge on any atom is -0.268 e. The third kappa shape index (κ3) is 6.80. The summed E-state index contributed by atoms with van der Waals surface area (Å²) in [5.74, 6) is -0.0902. The molecule has 1 fully saturated rings. The molecule has 0 unspecified atom stereocenters. The van der Waals surface area contributed by atoms with Gasteiger partial charge in [0.05, 0.1) is 21.8 Å². The van der Waals surface area contributed by atoms with Gasteiger partial charge in [0.25, 0.3) is 15.9 Å². The number of benzene rings is 2. The molecule has 0 saturated heterocycles. The van der Waals surface area contributed by atoms with Crippen LogP contribution in [0.3, 0.4) is 0 Å². The van der Waals surface area contributed by atoms with E-state index >= 15 is 0 Å². The van der Waals surface area contributed by atoms with Crippen LogP contribution in [0.1, 0.15) is 55.3 Å². The molecule has 0 spiro atoms. The van der Waals surface area contributed by atoms with Crippen molar-refractivity contribution in [3.63, 3.8) is 0 Å². The van der Waals surface area contributed by atoms with Crippen molar-refractivity contribution in [1.29, 1.82) is 0 Å². The number of amides is 1. The number of fused-ring (bicyclic) bond motifs is 1. The lowest BCUT2D eigenvalue weighted by molar-refractivity contribution is -0.0881. The van der Waals surface area contributed by atoms with Crippen LogP contribution in [-0.2, 0) is 19.9 Å². The van der Waals surface area contributed by atoms with E-state index in [0.717, 1.165) is 56.3 Å². The second-order valence-electron chi connectivity index (χ2n) is 11.0. The molecule has 222 valence electrons. The fourth-order valence-corrected chi connectivity index (χ4v) is 8.61. The van der Waals surface area contributed by atoms with Crippen molar-refractivity contribution < 1.29 is 34.8 Å².